The third-order valence-electron chi connectivity index (χ3n) is 2.43. The van der Waals surface area contributed by atoms with Crippen molar-refractivity contribution in [3.63, 3.8) is 0 Å². The highest BCUT2D eigenvalue weighted by Crippen LogP contribution is 2.21. The number of aryl methyl sites for hydroxylation is 1. The third-order valence-corrected chi connectivity index (χ3v) is 4.30. The van der Waals surface area contributed by atoms with E-state index in [1.807, 2.05) is 13.0 Å². The van der Waals surface area contributed by atoms with Crippen LogP contribution in [0.25, 0.3) is 0 Å². The van der Waals surface area contributed by atoms with Crippen LogP contribution in [0.15, 0.2) is 28.6 Å². The van der Waals surface area contributed by atoms with Gasteiger partial charge in [0.05, 0.1) is 17.4 Å². The summed E-state index contributed by atoms with van der Waals surface area (Å²) >= 11 is 2.72. The molecular formula is C13H11N3OS2. The minimum absolute atomic E-state index is 0.0303. The van der Waals surface area contributed by atoms with Gasteiger partial charge in [-0.1, -0.05) is 30.8 Å². The van der Waals surface area contributed by atoms with E-state index in [0.717, 1.165) is 16.6 Å². The second kappa shape index (κ2) is 6.45. The molecule has 1 heterocycles. The van der Waals surface area contributed by atoms with Gasteiger partial charge >= 0.3 is 0 Å². The molecule has 0 N–H and O–H groups in total. The van der Waals surface area contributed by atoms with Crippen LogP contribution in [-0.2, 0) is 6.42 Å². The van der Waals surface area contributed by atoms with Crippen LogP contribution in [0.4, 0.5) is 0 Å². The van der Waals surface area contributed by atoms with Crippen LogP contribution >= 0.6 is 23.3 Å². The molecule has 0 aliphatic rings. The van der Waals surface area contributed by atoms with Gasteiger partial charge in [-0.15, -0.1) is 0 Å². The minimum atomic E-state index is 0.0303. The molecule has 6 heteroatoms. The van der Waals surface area contributed by atoms with Gasteiger partial charge in [0.15, 0.2) is 10.1 Å². The maximum absolute atomic E-state index is 11.9. The summed E-state index contributed by atoms with van der Waals surface area (Å²) in [5, 5.41) is 8.69. The Hall–Kier alpha value is -1.71. The fourth-order valence-electron chi connectivity index (χ4n) is 1.38. The van der Waals surface area contributed by atoms with Gasteiger partial charge in [-0.05, 0) is 23.7 Å². The second-order valence-electron chi connectivity index (χ2n) is 3.73. The molecule has 0 saturated carbocycles. The number of carbonyl (C=O) groups is 1. The van der Waals surface area contributed by atoms with E-state index in [0.29, 0.717) is 16.9 Å². The van der Waals surface area contributed by atoms with Crippen LogP contribution < -0.4 is 0 Å². The van der Waals surface area contributed by atoms with Crippen molar-refractivity contribution in [3.05, 3.63) is 41.2 Å². The van der Waals surface area contributed by atoms with Gasteiger partial charge < -0.3 is 0 Å². The van der Waals surface area contributed by atoms with E-state index >= 15 is 0 Å². The first kappa shape index (κ1) is 13.7. The van der Waals surface area contributed by atoms with E-state index in [1.165, 1.54) is 23.3 Å². The van der Waals surface area contributed by atoms with Crippen LogP contribution in [0.2, 0.25) is 0 Å². The average molecular weight is 289 g/mol. The number of thioether (sulfide) groups is 1. The fraction of sp³-hybridized carbons (Fsp3) is 0.231. The van der Waals surface area contributed by atoms with Crippen molar-refractivity contribution >= 4 is 29.1 Å². The van der Waals surface area contributed by atoms with Crippen LogP contribution in [0.5, 0.6) is 0 Å². The number of aromatic nitrogens is 2. The van der Waals surface area contributed by atoms with Gasteiger partial charge in [-0.3, -0.25) is 4.79 Å². The topological polar surface area (TPSA) is 66.6 Å². The smallest absolute Gasteiger partial charge is 0.173 e. The number of Topliss-reactive ketones (excluding diaryl/α,β-unsaturated/α-hetero) is 1. The number of rotatable bonds is 5. The molecule has 2 rings (SSSR count). The predicted molar refractivity (Wildman–Crippen MR) is 75.5 cm³/mol. The highest BCUT2D eigenvalue weighted by Gasteiger charge is 2.09. The summed E-state index contributed by atoms with van der Waals surface area (Å²) in [7, 11) is 0. The maximum Gasteiger partial charge on any atom is 0.173 e. The Bertz CT molecular complexity index is 614. The molecule has 0 amide bonds. The van der Waals surface area contributed by atoms with Gasteiger partial charge in [0.2, 0.25) is 0 Å². The molecule has 1 aromatic carbocycles. The summed E-state index contributed by atoms with van der Waals surface area (Å²) < 4.78 is 4.99. The summed E-state index contributed by atoms with van der Waals surface area (Å²) in [5.74, 6) is 1.19. The van der Waals surface area contributed by atoms with Crippen molar-refractivity contribution in [2.45, 2.75) is 17.7 Å². The number of ketones is 1. The standard InChI is InChI=1S/C13H11N3OS2/c1-2-12-15-13(19-16-12)18-8-11(17)10-5-3-9(7-14)4-6-10/h3-6H,2,8H2,1H3. The third kappa shape index (κ3) is 3.63. The molecular weight excluding hydrogens is 278 g/mol. The van der Waals surface area contributed by atoms with Crippen LogP contribution in [0.3, 0.4) is 0 Å². The first-order chi connectivity index (χ1) is 9.22. The first-order valence-corrected chi connectivity index (χ1v) is 7.47. The molecule has 1 aromatic heterocycles. The highest BCUT2D eigenvalue weighted by atomic mass is 32.2. The summed E-state index contributed by atoms with van der Waals surface area (Å²) in [6.45, 7) is 2.00. The first-order valence-electron chi connectivity index (χ1n) is 5.71. The number of nitriles is 1. The Morgan fingerprint density at radius 1 is 1.42 bits per heavy atom. The van der Waals surface area contributed by atoms with Crippen molar-refractivity contribution < 1.29 is 4.79 Å². The Balaban J connectivity index is 1.95. The molecule has 0 unspecified atom stereocenters. The lowest BCUT2D eigenvalue weighted by molar-refractivity contribution is 0.102. The van der Waals surface area contributed by atoms with Gasteiger partial charge in [0, 0.05) is 12.0 Å². The van der Waals surface area contributed by atoms with Crippen molar-refractivity contribution in [1.82, 2.24) is 9.36 Å². The summed E-state index contributed by atoms with van der Waals surface area (Å²) in [6.07, 6.45) is 0.806. The molecule has 0 spiro atoms. The molecule has 0 aliphatic heterocycles. The predicted octanol–water partition coefficient (Wildman–Crippen LogP) is 2.95. The lowest BCUT2D eigenvalue weighted by atomic mass is 10.1. The molecule has 0 radical (unpaired) electrons. The van der Waals surface area contributed by atoms with Crippen LogP contribution in [0.1, 0.15) is 28.7 Å². The number of hydrogen-bond donors (Lipinski definition) is 0. The number of benzene rings is 1. The van der Waals surface area contributed by atoms with Crippen molar-refractivity contribution in [1.29, 1.82) is 5.26 Å². The zero-order valence-electron chi connectivity index (χ0n) is 10.3. The quantitative estimate of drug-likeness (QED) is 0.625. The minimum Gasteiger partial charge on any atom is -0.293 e. The zero-order chi connectivity index (χ0) is 13.7. The zero-order valence-corrected chi connectivity index (χ0v) is 11.9. The summed E-state index contributed by atoms with van der Waals surface area (Å²) in [5.41, 5.74) is 1.17. The molecule has 96 valence electrons. The van der Waals surface area contributed by atoms with E-state index in [4.69, 9.17) is 5.26 Å². The van der Waals surface area contributed by atoms with Gasteiger partial charge in [0.1, 0.15) is 5.82 Å². The monoisotopic (exact) mass is 289 g/mol. The molecule has 0 bridgehead atoms. The molecule has 2 aromatic rings. The van der Waals surface area contributed by atoms with E-state index in [9.17, 15) is 4.79 Å². The van der Waals surface area contributed by atoms with Crippen LogP contribution in [0, 0.1) is 11.3 Å². The Morgan fingerprint density at radius 3 is 2.74 bits per heavy atom. The highest BCUT2D eigenvalue weighted by molar-refractivity contribution is 8.01. The van der Waals surface area contributed by atoms with Gasteiger partial charge in [-0.25, -0.2) is 4.98 Å². The fourth-order valence-corrected chi connectivity index (χ4v) is 2.97. The van der Waals surface area contributed by atoms with E-state index in [2.05, 4.69) is 9.36 Å². The van der Waals surface area contributed by atoms with Gasteiger partial charge in [0.25, 0.3) is 0 Å². The van der Waals surface area contributed by atoms with E-state index in [1.54, 1.807) is 24.3 Å². The maximum atomic E-state index is 11.9. The van der Waals surface area contributed by atoms with E-state index in [-0.39, 0.29) is 5.78 Å². The largest absolute Gasteiger partial charge is 0.293 e. The molecule has 0 saturated heterocycles. The average Bonchev–Trinajstić information content (AvgIpc) is 2.93. The second-order valence-corrected chi connectivity index (χ2v) is 5.71. The van der Waals surface area contributed by atoms with Crippen LogP contribution in [-0.4, -0.2) is 20.9 Å². The Kier molecular flexibility index (Phi) is 4.66. The molecule has 0 aliphatic carbocycles. The molecule has 4 nitrogen and oxygen atoms in total. The number of nitrogens with zero attached hydrogens (tertiary/aromatic N) is 3. The van der Waals surface area contributed by atoms with Gasteiger partial charge in [-0.2, -0.15) is 9.64 Å². The number of hydrogen-bond acceptors (Lipinski definition) is 6. The van der Waals surface area contributed by atoms with Crippen molar-refractivity contribution in [2.75, 3.05) is 5.75 Å². The molecule has 0 fully saturated rings. The summed E-state index contributed by atoms with van der Waals surface area (Å²) in [6, 6.07) is 8.69. The van der Waals surface area contributed by atoms with E-state index < -0.39 is 0 Å². The van der Waals surface area contributed by atoms with Crippen molar-refractivity contribution in [3.8, 4) is 6.07 Å². The lowest BCUT2D eigenvalue weighted by Gasteiger charge is -1.99. The molecule has 19 heavy (non-hydrogen) atoms. The normalized spacial score (nSPS) is 10.1. The number of carbonyl (C=O) groups excluding carboxylic acids is 1. The lowest BCUT2D eigenvalue weighted by Crippen LogP contribution is -2.02. The Morgan fingerprint density at radius 2 is 2.16 bits per heavy atom. The Labute approximate surface area is 119 Å². The van der Waals surface area contributed by atoms with Crippen molar-refractivity contribution in [2.24, 2.45) is 0 Å². The SMILES string of the molecule is CCc1nsc(SCC(=O)c2ccc(C#N)cc2)n1. The summed E-state index contributed by atoms with van der Waals surface area (Å²) in [4.78, 5) is 16.2. The molecule has 0 atom stereocenters.